The number of benzene rings is 2. The molecule has 0 atom stereocenters. The Hall–Kier alpha value is -1.75. The molecule has 2 aromatic carbocycles. The largest absolute Gasteiger partial charge is 0.496 e. The second-order valence-electron chi connectivity index (χ2n) is 3.93. The minimum atomic E-state index is -0.443. The number of hydrogen-bond acceptors (Lipinski definition) is 3. The van der Waals surface area contributed by atoms with E-state index >= 15 is 0 Å². The van der Waals surface area contributed by atoms with Gasteiger partial charge in [0.15, 0.2) is 0 Å². The average Bonchev–Trinajstić information content (AvgIpc) is 2.40. The molecule has 5 heteroatoms. The van der Waals surface area contributed by atoms with Crippen molar-refractivity contribution in [3.8, 4) is 5.75 Å². The molecule has 2 rings (SSSR count). The smallest absolute Gasteiger partial charge is 0.134 e. The highest BCUT2D eigenvalue weighted by molar-refractivity contribution is 7.98. The van der Waals surface area contributed by atoms with Crippen molar-refractivity contribution in [2.24, 2.45) is 0 Å². The molecule has 0 aliphatic heterocycles. The van der Waals surface area contributed by atoms with E-state index in [1.54, 1.807) is 25.3 Å². The van der Waals surface area contributed by atoms with Crippen LogP contribution in [0.25, 0.3) is 0 Å². The average molecular weight is 281 g/mol. The Morgan fingerprint density at radius 2 is 1.95 bits per heavy atom. The van der Waals surface area contributed by atoms with E-state index in [0.29, 0.717) is 22.8 Å². The molecule has 2 aromatic rings. The van der Waals surface area contributed by atoms with E-state index in [4.69, 9.17) is 10.5 Å². The molecule has 0 aliphatic rings. The van der Waals surface area contributed by atoms with Crippen molar-refractivity contribution in [2.75, 3.05) is 12.8 Å². The van der Waals surface area contributed by atoms with Crippen LogP contribution < -0.4 is 10.5 Å². The van der Waals surface area contributed by atoms with Gasteiger partial charge in [-0.25, -0.2) is 8.78 Å². The Labute approximate surface area is 114 Å². The Balaban J connectivity index is 2.16. The van der Waals surface area contributed by atoms with Crippen molar-refractivity contribution in [3.63, 3.8) is 0 Å². The van der Waals surface area contributed by atoms with E-state index in [-0.39, 0.29) is 0 Å². The van der Waals surface area contributed by atoms with Crippen molar-refractivity contribution in [3.05, 3.63) is 53.6 Å². The fraction of sp³-hybridized carbons (Fsp3) is 0.143. The zero-order valence-corrected chi connectivity index (χ0v) is 11.1. The van der Waals surface area contributed by atoms with Crippen LogP contribution in [0.3, 0.4) is 0 Å². The lowest BCUT2D eigenvalue weighted by Gasteiger charge is -2.09. The first kappa shape index (κ1) is 13.7. The van der Waals surface area contributed by atoms with E-state index in [0.717, 1.165) is 17.0 Å². The van der Waals surface area contributed by atoms with Gasteiger partial charge in [0.25, 0.3) is 0 Å². The molecule has 0 fully saturated rings. The topological polar surface area (TPSA) is 35.2 Å². The number of halogens is 2. The molecule has 0 radical (unpaired) electrons. The molecule has 19 heavy (non-hydrogen) atoms. The number of hydrogen-bond donors (Lipinski definition) is 1. The molecular formula is C14H13F2NOS. The molecule has 0 amide bonds. The lowest BCUT2D eigenvalue weighted by Crippen LogP contribution is -1.92. The van der Waals surface area contributed by atoms with E-state index < -0.39 is 11.6 Å². The molecule has 0 bridgehead atoms. The first-order chi connectivity index (χ1) is 9.10. The summed E-state index contributed by atoms with van der Waals surface area (Å²) < 4.78 is 31.7. The molecule has 0 aromatic heterocycles. The van der Waals surface area contributed by atoms with Crippen LogP contribution >= 0.6 is 11.8 Å². The monoisotopic (exact) mass is 281 g/mol. The quantitative estimate of drug-likeness (QED) is 0.683. The van der Waals surface area contributed by atoms with Crippen molar-refractivity contribution >= 4 is 17.4 Å². The van der Waals surface area contributed by atoms with Crippen LogP contribution in [-0.2, 0) is 5.75 Å². The summed E-state index contributed by atoms with van der Waals surface area (Å²) in [5.74, 6) is 0.0931. The normalized spacial score (nSPS) is 10.5. The third-order valence-electron chi connectivity index (χ3n) is 2.58. The summed E-state index contributed by atoms with van der Waals surface area (Å²) in [4.78, 5) is 0.834. The number of anilines is 1. The lowest BCUT2D eigenvalue weighted by atomic mass is 10.2. The number of nitrogen functional groups attached to an aromatic ring is 1. The molecule has 2 N–H and O–H groups in total. The van der Waals surface area contributed by atoms with Gasteiger partial charge in [0.1, 0.15) is 17.4 Å². The molecule has 2 nitrogen and oxygen atoms in total. The van der Waals surface area contributed by atoms with Gasteiger partial charge in [0, 0.05) is 28.0 Å². The lowest BCUT2D eigenvalue weighted by molar-refractivity contribution is 0.405. The maximum Gasteiger partial charge on any atom is 0.134 e. The van der Waals surface area contributed by atoms with E-state index in [2.05, 4.69) is 0 Å². The highest BCUT2D eigenvalue weighted by atomic mass is 32.2. The molecule has 0 saturated carbocycles. The van der Waals surface area contributed by atoms with Crippen molar-refractivity contribution in [2.45, 2.75) is 10.6 Å². The van der Waals surface area contributed by atoms with Gasteiger partial charge in [-0.05, 0) is 30.3 Å². The third kappa shape index (κ3) is 3.38. The summed E-state index contributed by atoms with van der Waals surface area (Å²) in [6.45, 7) is 0. The highest BCUT2D eigenvalue weighted by Crippen LogP contribution is 2.33. The zero-order chi connectivity index (χ0) is 13.8. The first-order valence-corrected chi connectivity index (χ1v) is 6.59. The molecule has 0 aliphatic carbocycles. The van der Waals surface area contributed by atoms with Gasteiger partial charge in [-0.2, -0.15) is 0 Å². The fourth-order valence-corrected chi connectivity index (χ4v) is 2.59. The van der Waals surface area contributed by atoms with Gasteiger partial charge in [0.2, 0.25) is 0 Å². The summed E-state index contributed by atoms with van der Waals surface area (Å²) in [6, 6.07) is 8.68. The van der Waals surface area contributed by atoms with Crippen LogP contribution in [0.2, 0.25) is 0 Å². The van der Waals surface area contributed by atoms with Crippen LogP contribution in [0.5, 0.6) is 5.75 Å². The minimum absolute atomic E-state index is 0.323. The van der Waals surface area contributed by atoms with Crippen molar-refractivity contribution in [1.82, 2.24) is 0 Å². The summed E-state index contributed by atoms with van der Waals surface area (Å²) >= 11 is 1.37. The zero-order valence-electron chi connectivity index (χ0n) is 10.3. The maximum atomic E-state index is 13.5. The van der Waals surface area contributed by atoms with Crippen LogP contribution in [0.1, 0.15) is 5.56 Å². The van der Waals surface area contributed by atoms with Gasteiger partial charge in [-0.1, -0.05) is 0 Å². The molecule has 0 saturated heterocycles. The minimum Gasteiger partial charge on any atom is -0.496 e. The Bertz CT molecular complexity index is 590. The first-order valence-electron chi connectivity index (χ1n) is 5.60. The van der Waals surface area contributed by atoms with E-state index in [1.165, 1.54) is 17.8 Å². The van der Waals surface area contributed by atoms with Crippen molar-refractivity contribution < 1.29 is 13.5 Å². The predicted molar refractivity (Wildman–Crippen MR) is 73.3 cm³/mol. The molecule has 0 spiro atoms. The highest BCUT2D eigenvalue weighted by Gasteiger charge is 2.08. The number of nitrogens with two attached hydrogens (primary N) is 1. The van der Waals surface area contributed by atoms with Crippen LogP contribution in [-0.4, -0.2) is 7.11 Å². The van der Waals surface area contributed by atoms with Gasteiger partial charge < -0.3 is 10.5 Å². The Kier molecular flexibility index (Phi) is 4.27. The molecule has 0 heterocycles. The molecule has 0 unspecified atom stereocenters. The SMILES string of the molecule is COc1cc(N)ccc1SCc1cc(F)ccc1F. The summed E-state index contributed by atoms with van der Waals surface area (Å²) in [7, 11) is 1.54. The Morgan fingerprint density at radius 1 is 1.16 bits per heavy atom. The second-order valence-corrected chi connectivity index (χ2v) is 4.95. The van der Waals surface area contributed by atoms with E-state index in [9.17, 15) is 8.78 Å². The number of rotatable bonds is 4. The summed E-state index contributed by atoms with van der Waals surface area (Å²) in [6.07, 6.45) is 0. The van der Waals surface area contributed by atoms with Crippen molar-refractivity contribution in [1.29, 1.82) is 0 Å². The summed E-state index contributed by atoms with van der Waals surface area (Å²) in [5, 5.41) is 0. The van der Waals surface area contributed by atoms with Gasteiger partial charge in [-0.15, -0.1) is 11.8 Å². The van der Waals surface area contributed by atoms with Crippen LogP contribution in [0.4, 0.5) is 14.5 Å². The molecular weight excluding hydrogens is 268 g/mol. The fourth-order valence-electron chi connectivity index (χ4n) is 1.61. The third-order valence-corrected chi connectivity index (χ3v) is 3.68. The van der Waals surface area contributed by atoms with Gasteiger partial charge >= 0.3 is 0 Å². The number of thioether (sulfide) groups is 1. The molecule has 100 valence electrons. The van der Waals surface area contributed by atoms with E-state index in [1.807, 2.05) is 0 Å². The van der Waals surface area contributed by atoms with Gasteiger partial charge in [-0.3, -0.25) is 0 Å². The number of ether oxygens (including phenoxy) is 1. The van der Waals surface area contributed by atoms with Crippen LogP contribution in [0.15, 0.2) is 41.3 Å². The number of methoxy groups -OCH3 is 1. The maximum absolute atomic E-state index is 13.5. The van der Waals surface area contributed by atoms with Gasteiger partial charge in [0.05, 0.1) is 7.11 Å². The van der Waals surface area contributed by atoms with Crippen LogP contribution in [0, 0.1) is 11.6 Å². The standard InChI is InChI=1S/C14H13F2NOS/c1-18-13-7-11(17)3-5-14(13)19-8-9-6-10(15)2-4-12(9)16/h2-7H,8,17H2,1H3. The summed E-state index contributed by atoms with van der Waals surface area (Å²) in [5.41, 5.74) is 6.57. The predicted octanol–water partition coefficient (Wildman–Crippen LogP) is 3.85. The Morgan fingerprint density at radius 3 is 2.68 bits per heavy atom. The second kappa shape index (κ2) is 5.93.